The van der Waals surface area contributed by atoms with Crippen LogP contribution in [0.2, 0.25) is 0 Å². The molecule has 2 aromatic rings. The summed E-state index contributed by atoms with van der Waals surface area (Å²) in [6.45, 7) is -1.45. The summed E-state index contributed by atoms with van der Waals surface area (Å²) in [7, 11) is 0. The molecule has 1 heterocycles. The zero-order chi connectivity index (χ0) is 12.6. The van der Waals surface area contributed by atoms with Gasteiger partial charge in [0.25, 0.3) is 0 Å². The number of fused-ring (bicyclic) bond motifs is 1. The third-order valence-corrected chi connectivity index (χ3v) is 1.94. The molecule has 1 aromatic heterocycles. The van der Waals surface area contributed by atoms with Crippen molar-refractivity contribution in [3.05, 3.63) is 22.7 Å². The van der Waals surface area contributed by atoms with Crippen LogP contribution in [-0.2, 0) is 0 Å². The maximum absolute atomic E-state index is 11.9. The molecule has 0 fully saturated rings. The molecule has 0 unspecified atom stereocenters. The lowest BCUT2D eigenvalue weighted by molar-refractivity contribution is -0.153. The van der Waals surface area contributed by atoms with Crippen molar-refractivity contribution in [1.29, 1.82) is 0 Å². The van der Waals surface area contributed by atoms with Crippen molar-refractivity contribution in [3.8, 4) is 5.75 Å². The summed E-state index contributed by atoms with van der Waals surface area (Å²) in [5, 5.41) is 0. The predicted molar refractivity (Wildman–Crippen MR) is 52.8 cm³/mol. The van der Waals surface area contributed by atoms with Crippen LogP contribution in [0.3, 0.4) is 0 Å². The molecule has 2 rings (SSSR count). The summed E-state index contributed by atoms with van der Waals surface area (Å²) in [6.07, 6.45) is -4.45. The molecule has 0 aliphatic heterocycles. The first-order valence-electron chi connectivity index (χ1n) is 4.47. The van der Waals surface area contributed by atoms with E-state index < -0.39 is 18.5 Å². The van der Waals surface area contributed by atoms with Crippen LogP contribution >= 0.6 is 0 Å². The number of oxazole rings is 1. The number of H-pyrrole nitrogens is 1. The fraction of sp³-hybridized carbons (Fsp3) is 0.222. The number of hydrogen-bond donors (Lipinski definition) is 2. The van der Waals surface area contributed by atoms with Gasteiger partial charge in [0.2, 0.25) is 0 Å². The quantitative estimate of drug-likeness (QED) is 0.791. The highest BCUT2D eigenvalue weighted by Crippen LogP contribution is 2.28. The summed E-state index contributed by atoms with van der Waals surface area (Å²) in [4.78, 5) is 13.1. The zero-order valence-electron chi connectivity index (χ0n) is 8.30. The average Bonchev–Trinajstić information content (AvgIpc) is 2.52. The molecule has 0 spiro atoms. The lowest BCUT2D eigenvalue weighted by Crippen LogP contribution is -2.19. The Labute approximate surface area is 92.0 Å². The van der Waals surface area contributed by atoms with Crippen molar-refractivity contribution >= 4 is 16.8 Å². The third-order valence-electron chi connectivity index (χ3n) is 1.94. The average molecular weight is 248 g/mol. The summed E-state index contributed by atoms with van der Waals surface area (Å²) in [6, 6.07) is 2.40. The summed E-state index contributed by atoms with van der Waals surface area (Å²) < 4.78 is 45.0. The smallest absolute Gasteiger partial charge is 0.422 e. The number of aromatic nitrogens is 1. The van der Waals surface area contributed by atoms with Crippen molar-refractivity contribution in [2.45, 2.75) is 6.18 Å². The first kappa shape index (κ1) is 11.4. The molecule has 0 saturated carbocycles. The Hall–Kier alpha value is -2.12. The summed E-state index contributed by atoms with van der Waals surface area (Å²) in [5.41, 5.74) is 5.80. The second-order valence-corrected chi connectivity index (χ2v) is 3.30. The Morgan fingerprint density at radius 1 is 1.41 bits per heavy atom. The molecule has 1 aromatic carbocycles. The number of rotatable bonds is 2. The van der Waals surface area contributed by atoms with Crippen LogP contribution in [0.1, 0.15) is 0 Å². The van der Waals surface area contributed by atoms with E-state index in [-0.39, 0.29) is 22.5 Å². The van der Waals surface area contributed by atoms with Gasteiger partial charge in [-0.2, -0.15) is 13.2 Å². The Morgan fingerprint density at radius 2 is 2.12 bits per heavy atom. The first-order valence-corrected chi connectivity index (χ1v) is 4.47. The van der Waals surface area contributed by atoms with E-state index in [1.807, 2.05) is 0 Å². The van der Waals surface area contributed by atoms with Crippen LogP contribution in [-0.4, -0.2) is 17.8 Å². The number of nitrogens with one attached hydrogen (secondary N) is 1. The number of nitrogen functional groups attached to an aromatic ring is 1. The van der Waals surface area contributed by atoms with E-state index in [0.717, 1.165) is 0 Å². The van der Waals surface area contributed by atoms with Crippen molar-refractivity contribution in [1.82, 2.24) is 4.98 Å². The van der Waals surface area contributed by atoms with Crippen molar-refractivity contribution < 1.29 is 22.3 Å². The standard InChI is InChI=1S/C9H7F3N2O3/c10-9(11,12)3-16-6-2-5-7(1-4(6)13)17-8(15)14-5/h1-2H,3,13H2,(H,14,15). The maximum atomic E-state index is 11.9. The number of benzene rings is 1. The van der Waals surface area contributed by atoms with Gasteiger partial charge in [-0.15, -0.1) is 0 Å². The Morgan fingerprint density at radius 3 is 2.76 bits per heavy atom. The van der Waals surface area contributed by atoms with E-state index in [2.05, 4.69) is 14.1 Å². The van der Waals surface area contributed by atoms with E-state index in [0.29, 0.717) is 0 Å². The number of alkyl halides is 3. The van der Waals surface area contributed by atoms with Gasteiger partial charge in [0.05, 0.1) is 11.2 Å². The van der Waals surface area contributed by atoms with Gasteiger partial charge < -0.3 is 14.9 Å². The second kappa shape index (κ2) is 3.72. The van der Waals surface area contributed by atoms with Gasteiger partial charge in [-0.05, 0) is 0 Å². The van der Waals surface area contributed by atoms with Crippen molar-refractivity contribution in [2.24, 2.45) is 0 Å². The Bertz CT molecular complexity index is 600. The molecule has 17 heavy (non-hydrogen) atoms. The molecule has 0 amide bonds. The van der Waals surface area contributed by atoms with Crippen LogP contribution in [0.4, 0.5) is 18.9 Å². The molecule has 3 N–H and O–H groups in total. The lowest BCUT2D eigenvalue weighted by atomic mass is 10.2. The SMILES string of the molecule is Nc1cc2oc(=O)[nH]c2cc1OCC(F)(F)F. The predicted octanol–water partition coefficient (Wildman–Crippen LogP) is 1.64. The largest absolute Gasteiger partial charge is 0.482 e. The molecule has 0 aliphatic carbocycles. The van der Waals surface area contributed by atoms with Gasteiger partial charge in [-0.25, -0.2) is 4.79 Å². The topological polar surface area (TPSA) is 81.2 Å². The number of ether oxygens (including phenoxy) is 1. The van der Waals surface area contributed by atoms with Gasteiger partial charge in [0, 0.05) is 12.1 Å². The number of hydrogen-bond acceptors (Lipinski definition) is 4. The van der Waals surface area contributed by atoms with Crippen LogP contribution in [0.25, 0.3) is 11.1 Å². The fourth-order valence-electron chi connectivity index (χ4n) is 1.28. The van der Waals surface area contributed by atoms with E-state index in [1.54, 1.807) is 0 Å². The van der Waals surface area contributed by atoms with Crippen molar-refractivity contribution in [2.75, 3.05) is 12.3 Å². The number of nitrogens with two attached hydrogens (primary N) is 1. The molecule has 0 aliphatic rings. The molecule has 0 atom stereocenters. The van der Waals surface area contributed by atoms with E-state index in [4.69, 9.17) is 5.73 Å². The number of anilines is 1. The normalized spacial score (nSPS) is 11.9. The minimum absolute atomic E-state index is 0.0375. The summed E-state index contributed by atoms with van der Waals surface area (Å²) in [5.74, 6) is -0.876. The second-order valence-electron chi connectivity index (χ2n) is 3.30. The Balaban J connectivity index is 2.34. The molecule has 5 nitrogen and oxygen atoms in total. The van der Waals surface area contributed by atoms with Crippen LogP contribution in [0.15, 0.2) is 21.3 Å². The highest BCUT2D eigenvalue weighted by Gasteiger charge is 2.28. The first-order chi connectivity index (χ1) is 7.85. The highest BCUT2D eigenvalue weighted by atomic mass is 19.4. The minimum atomic E-state index is -4.45. The van der Waals surface area contributed by atoms with Gasteiger partial charge in [0.1, 0.15) is 5.75 Å². The molecule has 92 valence electrons. The van der Waals surface area contributed by atoms with Gasteiger partial charge >= 0.3 is 11.9 Å². The molecular weight excluding hydrogens is 241 g/mol. The lowest BCUT2D eigenvalue weighted by Gasteiger charge is -2.10. The zero-order valence-corrected chi connectivity index (χ0v) is 8.30. The highest BCUT2D eigenvalue weighted by molar-refractivity contribution is 5.80. The maximum Gasteiger partial charge on any atom is 0.422 e. The number of aromatic amines is 1. The molecule has 0 bridgehead atoms. The van der Waals surface area contributed by atoms with Crippen LogP contribution in [0, 0.1) is 0 Å². The molecular formula is C9H7F3N2O3. The third kappa shape index (κ3) is 2.52. The number of halogens is 3. The van der Waals surface area contributed by atoms with Crippen LogP contribution < -0.4 is 16.2 Å². The Kier molecular flexibility index (Phi) is 2.49. The van der Waals surface area contributed by atoms with Gasteiger partial charge in [-0.1, -0.05) is 0 Å². The summed E-state index contributed by atoms with van der Waals surface area (Å²) >= 11 is 0. The molecule has 8 heteroatoms. The van der Waals surface area contributed by atoms with Gasteiger partial charge in [-0.3, -0.25) is 4.98 Å². The molecule has 0 radical (unpaired) electrons. The van der Waals surface area contributed by atoms with Gasteiger partial charge in [0.15, 0.2) is 12.2 Å². The monoisotopic (exact) mass is 248 g/mol. The molecule has 0 saturated heterocycles. The van der Waals surface area contributed by atoms with Crippen molar-refractivity contribution in [3.63, 3.8) is 0 Å². The van der Waals surface area contributed by atoms with E-state index in [1.165, 1.54) is 12.1 Å². The van der Waals surface area contributed by atoms with E-state index in [9.17, 15) is 18.0 Å². The minimum Gasteiger partial charge on any atom is -0.482 e. The van der Waals surface area contributed by atoms with E-state index >= 15 is 0 Å². The fourth-order valence-corrected chi connectivity index (χ4v) is 1.28. The van der Waals surface area contributed by atoms with Crippen LogP contribution in [0.5, 0.6) is 5.75 Å².